The van der Waals surface area contributed by atoms with Crippen molar-refractivity contribution in [3.63, 3.8) is 0 Å². The maximum Gasteiger partial charge on any atom is 0.409 e. The van der Waals surface area contributed by atoms with Crippen LogP contribution in [0, 0.1) is 0 Å². The summed E-state index contributed by atoms with van der Waals surface area (Å²) in [6.07, 6.45) is -2.31. The van der Waals surface area contributed by atoms with Crippen molar-refractivity contribution in [3.8, 4) is 11.1 Å². The van der Waals surface area contributed by atoms with Crippen LogP contribution in [-0.4, -0.2) is 35.1 Å². The van der Waals surface area contributed by atoms with Crippen molar-refractivity contribution in [3.05, 3.63) is 59.7 Å². The minimum Gasteiger partial charge on any atom is -0.481 e. The summed E-state index contributed by atoms with van der Waals surface area (Å²) in [7, 11) is 0. The van der Waals surface area contributed by atoms with E-state index in [-0.39, 0.29) is 25.4 Å². The third kappa shape index (κ3) is 3.80. The van der Waals surface area contributed by atoms with Gasteiger partial charge in [0.15, 0.2) is 0 Å². The number of rotatable bonds is 6. The lowest BCUT2D eigenvalue weighted by atomic mass is 9.98. The van der Waals surface area contributed by atoms with Crippen LogP contribution in [0.3, 0.4) is 0 Å². The number of carbonyl (C=O) groups is 2. The molecule has 0 fully saturated rings. The van der Waals surface area contributed by atoms with E-state index in [1.54, 1.807) is 0 Å². The molecule has 0 aliphatic heterocycles. The van der Waals surface area contributed by atoms with Crippen molar-refractivity contribution >= 4 is 12.1 Å². The van der Waals surface area contributed by atoms with E-state index in [0.29, 0.717) is 0 Å². The van der Waals surface area contributed by atoms with E-state index in [1.807, 2.05) is 48.5 Å². The number of nitrogens with one attached hydrogen (secondary N) is 1. The zero-order chi connectivity index (χ0) is 17.8. The first-order chi connectivity index (χ1) is 12.1. The van der Waals surface area contributed by atoms with Gasteiger partial charge in [-0.2, -0.15) is 0 Å². The molecule has 0 aromatic heterocycles. The Bertz CT molecular complexity index is 743. The Balaban J connectivity index is 1.63. The SMILES string of the molecule is O=C(O)CCC(O)NC(=O)OCC1c2ccccc2-c2ccccc21. The smallest absolute Gasteiger partial charge is 0.409 e. The summed E-state index contributed by atoms with van der Waals surface area (Å²) in [5.41, 5.74) is 4.47. The van der Waals surface area contributed by atoms with E-state index in [9.17, 15) is 14.7 Å². The van der Waals surface area contributed by atoms with E-state index in [2.05, 4.69) is 5.32 Å². The highest BCUT2D eigenvalue weighted by atomic mass is 16.6. The molecule has 1 aliphatic rings. The third-order valence-corrected chi connectivity index (χ3v) is 4.26. The lowest BCUT2D eigenvalue weighted by Crippen LogP contribution is -2.36. The molecule has 0 heterocycles. The first-order valence-electron chi connectivity index (χ1n) is 8.07. The molecule has 0 saturated carbocycles. The second-order valence-electron chi connectivity index (χ2n) is 5.92. The van der Waals surface area contributed by atoms with Crippen LogP contribution in [0.15, 0.2) is 48.5 Å². The molecule has 3 N–H and O–H groups in total. The number of benzene rings is 2. The Morgan fingerprint density at radius 1 is 1.04 bits per heavy atom. The summed E-state index contributed by atoms with van der Waals surface area (Å²) in [4.78, 5) is 22.3. The topological polar surface area (TPSA) is 95.9 Å². The molecule has 25 heavy (non-hydrogen) atoms. The van der Waals surface area contributed by atoms with Gasteiger partial charge in [-0.05, 0) is 22.3 Å². The minimum absolute atomic E-state index is 0.0608. The molecule has 0 saturated heterocycles. The zero-order valence-corrected chi connectivity index (χ0v) is 13.5. The Hall–Kier alpha value is -2.86. The molecule has 2 aromatic rings. The van der Waals surface area contributed by atoms with Crippen LogP contribution in [0.4, 0.5) is 4.79 Å². The Labute approximate surface area is 145 Å². The molecule has 2 aromatic carbocycles. The van der Waals surface area contributed by atoms with Gasteiger partial charge in [0, 0.05) is 18.8 Å². The summed E-state index contributed by atoms with van der Waals surface area (Å²) in [6, 6.07) is 16.0. The van der Waals surface area contributed by atoms with Crippen molar-refractivity contribution in [1.29, 1.82) is 0 Å². The number of hydrogen-bond acceptors (Lipinski definition) is 4. The number of amides is 1. The quantitative estimate of drug-likeness (QED) is 0.702. The van der Waals surface area contributed by atoms with Crippen LogP contribution in [0.5, 0.6) is 0 Å². The fraction of sp³-hybridized carbons (Fsp3) is 0.263. The molecule has 1 atom stereocenters. The standard InChI is InChI=1S/C19H19NO5/c21-17(9-10-18(22)23)20-19(24)25-11-16-14-7-3-1-5-12(14)13-6-2-4-8-15(13)16/h1-8,16-17,21H,9-11H2,(H,20,24)(H,22,23). The van der Waals surface area contributed by atoms with E-state index in [4.69, 9.17) is 9.84 Å². The van der Waals surface area contributed by atoms with Crippen molar-refractivity contribution in [2.75, 3.05) is 6.61 Å². The van der Waals surface area contributed by atoms with Crippen molar-refractivity contribution < 1.29 is 24.5 Å². The lowest BCUT2D eigenvalue weighted by Gasteiger charge is -2.16. The summed E-state index contributed by atoms with van der Waals surface area (Å²) >= 11 is 0. The van der Waals surface area contributed by atoms with Gasteiger partial charge in [0.2, 0.25) is 0 Å². The Morgan fingerprint density at radius 3 is 2.16 bits per heavy atom. The predicted octanol–water partition coefficient (Wildman–Crippen LogP) is 2.71. The van der Waals surface area contributed by atoms with Crippen LogP contribution < -0.4 is 5.32 Å². The predicted molar refractivity (Wildman–Crippen MR) is 91.1 cm³/mol. The number of aliphatic hydroxyl groups is 1. The van der Waals surface area contributed by atoms with Crippen molar-refractivity contribution in [2.45, 2.75) is 25.0 Å². The van der Waals surface area contributed by atoms with E-state index in [1.165, 1.54) is 0 Å². The van der Waals surface area contributed by atoms with E-state index in [0.717, 1.165) is 22.3 Å². The van der Waals surface area contributed by atoms with Gasteiger partial charge < -0.3 is 14.9 Å². The van der Waals surface area contributed by atoms with Gasteiger partial charge >= 0.3 is 12.1 Å². The number of ether oxygens (including phenoxy) is 1. The number of hydrogen-bond donors (Lipinski definition) is 3. The molecular weight excluding hydrogens is 322 g/mol. The maximum atomic E-state index is 11.8. The van der Waals surface area contributed by atoms with Gasteiger partial charge in [0.25, 0.3) is 0 Å². The van der Waals surface area contributed by atoms with Gasteiger partial charge in [0.1, 0.15) is 12.8 Å². The van der Waals surface area contributed by atoms with Crippen molar-refractivity contribution in [2.24, 2.45) is 0 Å². The molecule has 1 unspecified atom stereocenters. The fourth-order valence-corrected chi connectivity index (χ4v) is 3.11. The van der Waals surface area contributed by atoms with Gasteiger partial charge in [0.05, 0.1) is 0 Å². The molecule has 1 amide bonds. The lowest BCUT2D eigenvalue weighted by molar-refractivity contribution is -0.137. The van der Waals surface area contributed by atoms with Crippen molar-refractivity contribution in [1.82, 2.24) is 5.32 Å². The van der Waals surface area contributed by atoms with Crippen LogP contribution in [0.1, 0.15) is 29.9 Å². The zero-order valence-electron chi connectivity index (χ0n) is 13.5. The number of carbonyl (C=O) groups excluding carboxylic acids is 1. The van der Waals surface area contributed by atoms with Gasteiger partial charge in [-0.15, -0.1) is 0 Å². The summed E-state index contributed by atoms with van der Waals surface area (Å²) in [5, 5.41) is 20.4. The van der Waals surface area contributed by atoms with E-state index < -0.39 is 18.3 Å². The molecule has 6 nitrogen and oxygen atoms in total. The van der Waals surface area contributed by atoms with Crippen LogP contribution >= 0.6 is 0 Å². The first-order valence-corrected chi connectivity index (χ1v) is 8.07. The molecule has 0 bridgehead atoms. The third-order valence-electron chi connectivity index (χ3n) is 4.26. The highest BCUT2D eigenvalue weighted by Gasteiger charge is 2.29. The van der Waals surface area contributed by atoms with Crippen LogP contribution in [0.25, 0.3) is 11.1 Å². The monoisotopic (exact) mass is 341 g/mol. The maximum absolute atomic E-state index is 11.8. The number of carboxylic acid groups (broad SMARTS) is 1. The fourth-order valence-electron chi connectivity index (χ4n) is 3.11. The molecular formula is C19H19NO5. The van der Waals surface area contributed by atoms with E-state index >= 15 is 0 Å². The Kier molecular flexibility index (Phi) is 5.00. The Morgan fingerprint density at radius 2 is 1.60 bits per heavy atom. The summed E-state index contributed by atoms with van der Waals surface area (Å²) in [5.74, 6) is -1.09. The number of fused-ring (bicyclic) bond motifs is 3. The molecule has 0 radical (unpaired) electrons. The minimum atomic E-state index is -1.24. The first kappa shape index (κ1) is 17.0. The summed E-state index contributed by atoms with van der Waals surface area (Å²) in [6.45, 7) is 0.144. The molecule has 130 valence electrons. The molecule has 6 heteroatoms. The largest absolute Gasteiger partial charge is 0.481 e. The number of aliphatic hydroxyl groups excluding tert-OH is 1. The summed E-state index contributed by atoms with van der Waals surface area (Å²) < 4.78 is 5.26. The molecule has 1 aliphatic carbocycles. The second kappa shape index (κ2) is 7.36. The van der Waals surface area contributed by atoms with Crippen LogP contribution in [0.2, 0.25) is 0 Å². The van der Waals surface area contributed by atoms with Crippen LogP contribution in [-0.2, 0) is 9.53 Å². The molecule has 0 spiro atoms. The van der Waals surface area contributed by atoms with Gasteiger partial charge in [-0.1, -0.05) is 48.5 Å². The highest BCUT2D eigenvalue weighted by molar-refractivity contribution is 5.79. The normalized spacial score (nSPS) is 13.6. The average molecular weight is 341 g/mol. The second-order valence-corrected chi connectivity index (χ2v) is 5.92. The molecule has 3 rings (SSSR count). The number of carboxylic acids is 1. The van der Waals surface area contributed by atoms with Gasteiger partial charge in [-0.25, -0.2) is 4.79 Å². The number of alkyl carbamates (subject to hydrolysis) is 1. The average Bonchev–Trinajstić information content (AvgIpc) is 2.92. The van der Waals surface area contributed by atoms with Gasteiger partial charge in [-0.3, -0.25) is 10.1 Å². The highest BCUT2D eigenvalue weighted by Crippen LogP contribution is 2.44. The number of aliphatic carboxylic acids is 1.